The zero-order valence-corrected chi connectivity index (χ0v) is 32.6. The summed E-state index contributed by atoms with van der Waals surface area (Å²) in [7, 11) is 0. The highest BCUT2D eigenvalue weighted by molar-refractivity contribution is 5.96. The van der Waals surface area contributed by atoms with Gasteiger partial charge in [-0.2, -0.15) is 0 Å². The van der Waals surface area contributed by atoms with Gasteiger partial charge in [0.05, 0.1) is 16.8 Å². The molecule has 61 heavy (non-hydrogen) atoms. The molecule has 11 aromatic rings. The number of hydrogen-bond donors (Lipinski definition) is 0. The van der Waals surface area contributed by atoms with E-state index < -0.39 is 5.41 Å². The number of aromatic nitrogens is 6. The first-order chi connectivity index (χ1) is 30.2. The SMILES string of the molecule is c1ccc(-c2nc3ccccn3c2-c2ccccc2-c2nc(-c3ccc4c(c3)C3(c5ccccc5-c5ccccc53)c3ccccc3-4)nc(-c3nc4ccccc4o3)n2)cc1. The molecule has 0 saturated heterocycles. The van der Waals surface area contributed by atoms with Crippen LogP contribution in [0.3, 0.4) is 0 Å². The van der Waals surface area contributed by atoms with Crippen molar-refractivity contribution in [3.63, 3.8) is 0 Å². The van der Waals surface area contributed by atoms with Crippen molar-refractivity contribution in [2.45, 2.75) is 5.41 Å². The maximum Gasteiger partial charge on any atom is 0.266 e. The summed E-state index contributed by atoms with van der Waals surface area (Å²) >= 11 is 0. The minimum absolute atomic E-state index is 0.326. The van der Waals surface area contributed by atoms with E-state index in [-0.39, 0.29) is 0 Å². The van der Waals surface area contributed by atoms with Gasteiger partial charge in [-0.1, -0.05) is 158 Å². The topological polar surface area (TPSA) is 82.0 Å². The molecule has 4 aromatic heterocycles. The zero-order chi connectivity index (χ0) is 40.1. The molecule has 7 aromatic carbocycles. The molecule has 2 aliphatic rings. The molecule has 0 amide bonds. The van der Waals surface area contributed by atoms with Crippen molar-refractivity contribution in [1.29, 1.82) is 0 Å². The van der Waals surface area contributed by atoms with Crippen molar-refractivity contribution in [3.8, 4) is 79.3 Å². The van der Waals surface area contributed by atoms with E-state index >= 15 is 0 Å². The third-order valence-corrected chi connectivity index (χ3v) is 12.4. The second-order valence-corrected chi connectivity index (χ2v) is 15.6. The van der Waals surface area contributed by atoms with Crippen molar-refractivity contribution < 1.29 is 4.42 Å². The van der Waals surface area contributed by atoms with Crippen molar-refractivity contribution in [2.24, 2.45) is 0 Å². The number of benzene rings is 7. The van der Waals surface area contributed by atoms with Crippen LogP contribution in [0.25, 0.3) is 96.0 Å². The van der Waals surface area contributed by atoms with Gasteiger partial charge in [0, 0.05) is 28.5 Å². The minimum atomic E-state index is -0.516. The van der Waals surface area contributed by atoms with Gasteiger partial charge in [-0.05, 0) is 74.8 Å². The Morgan fingerprint density at radius 1 is 0.393 bits per heavy atom. The van der Waals surface area contributed by atoms with E-state index in [0.717, 1.165) is 44.8 Å². The van der Waals surface area contributed by atoms with Gasteiger partial charge >= 0.3 is 0 Å². The molecule has 0 fully saturated rings. The lowest BCUT2D eigenvalue weighted by Gasteiger charge is -2.30. The predicted octanol–water partition coefficient (Wildman–Crippen LogP) is 12.3. The molecule has 0 saturated carbocycles. The summed E-state index contributed by atoms with van der Waals surface area (Å²) in [6.07, 6.45) is 2.06. The Labute approximate surface area is 350 Å². The van der Waals surface area contributed by atoms with Gasteiger partial charge in [-0.25, -0.2) is 24.9 Å². The third kappa shape index (κ3) is 4.83. The lowest BCUT2D eigenvalue weighted by Crippen LogP contribution is -2.25. The molecule has 4 heterocycles. The minimum Gasteiger partial charge on any atom is -0.434 e. The second-order valence-electron chi connectivity index (χ2n) is 15.6. The van der Waals surface area contributed by atoms with Gasteiger partial charge in [-0.3, -0.25) is 4.40 Å². The second kappa shape index (κ2) is 12.9. The summed E-state index contributed by atoms with van der Waals surface area (Å²) in [4.78, 5) is 25.8. The van der Waals surface area contributed by atoms with Crippen molar-refractivity contribution >= 4 is 16.7 Å². The molecular formula is C54H32N6O. The molecule has 7 nitrogen and oxygen atoms in total. The first kappa shape index (κ1) is 33.7. The molecule has 1 spiro atoms. The van der Waals surface area contributed by atoms with Crippen LogP contribution in [0.4, 0.5) is 0 Å². The molecule has 2 aliphatic carbocycles. The number of oxazole rings is 1. The average molecular weight is 781 g/mol. The van der Waals surface area contributed by atoms with E-state index in [1.54, 1.807) is 0 Å². The number of hydrogen-bond acceptors (Lipinski definition) is 6. The largest absolute Gasteiger partial charge is 0.434 e. The van der Waals surface area contributed by atoms with Crippen LogP contribution in [-0.4, -0.2) is 29.3 Å². The van der Waals surface area contributed by atoms with Crippen LogP contribution in [0.1, 0.15) is 22.3 Å². The van der Waals surface area contributed by atoms with Crippen molar-refractivity contribution in [2.75, 3.05) is 0 Å². The number of pyridine rings is 1. The molecule has 284 valence electrons. The van der Waals surface area contributed by atoms with Gasteiger partial charge < -0.3 is 4.42 Å². The molecule has 0 atom stereocenters. The van der Waals surface area contributed by atoms with Crippen LogP contribution in [0.15, 0.2) is 199 Å². The highest BCUT2D eigenvalue weighted by atomic mass is 16.3. The smallest absolute Gasteiger partial charge is 0.266 e. The molecule has 0 aliphatic heterocycles. The van der Waals surface area contributed by atoms with E-state index in [1.807, 2.05) is 66.7 Å². The number of rotatable bonds is 5. The number of imidazole rings is 1. The first-order valence-electron chi connectivity index (χ1n) is 20.4. The normalized spacial score (nSPS) is 13.0. The fraction of sp³-hybridized carbons (Fsp3) is 0.0185. The molecular weight excluding hydrogens is 749 g/mol. The Kier molecular flexibility index (Phi) is 7.09. The number of nitrogens with zero attached hydrogens (tertiary/aromatic N) is 6. The van der Waals surface area contributed by atoms with Crippen LogP contribution >= 0.6 is 0 Å². The van der Waals surface area contributed by atoms with Gasteiger partial charge in [-0.15, -0.1) is 0 Å². The van der Waals surface area contributed by atoms with Gasteiger partial charge in [0.1, 0.15) is 11.2 Å². The Balaban J connectivity index is 1.07. The van der Waals surface area contributed by atoms with Crippen LogP contribution < -0.4 is 0 Å². The predicted molar refractivity (Wildman–Crippen MR) is 240 cm³/mol. The Morgan fingerprint density at radius 2 is 0.967 bits per heavy atom. The summed E-state index contributed by atoms with van der Waals surface area (Å²) in [5.41, 5.74) is 17.2. The third-order valence-electron chi connectivity index (χ3n) is 12.4. The molecule has 0 radical (unpaired) electrons. The summed E-state index contributed by atoms with van der Waals surface area (Å²) < 4.78 is 8.50. The van der Waals surface area contributed by atoms with E-state index in [1.165, 1.54) is 44.5 Å². The Bertz CT molecular complexity index is 3470. The zero-order valence-electron chi connectivity index (χ0n) is 32.6. The monoisotopic (exact) mass is 780 g/mol. The van der Waals surface area contributed by atoms with Crippen LogP contribution in [0.2, 0.25) is 0 Å². The summed E-state index contributed by atoms with van der Waals surface area (Å²) in [5, 5.41) is 0. The first-order valence-corrected chi connectivity index (χ1v) is 20.4. The quantitative estimate of drug-likeness (QED) is 0.173. The fourth-order valence-corrected chi connectivity index (χ4v) is 9.86. The number of para-hydroxylation sites is 2. The van der Waals surface area contributed by atoms with E-state index in [0.29, 0.717) is 28.9 Å². The maximum atomic E-state index is 6.37. The molecule has 7 heteroatoms. The highest BCUT2D eigenvalue weighted by Gasteiger charge is 2.51. The Morgan fingerprint density at radius 3 is 1.69 bits per heavy atom. The number of fused-ring (bicyclic) bond motifs is 12. The highest BCUT2D eigenvalue weighted by Crippen LogP contribution is 2.63. The fourth-order valence-electron chi connectivity index (χ4n) is 9.86. The molecule has 0 bridgehead atoms. The lowest BCUT2D eigenvalue weighted by atomic mass is 9.70. The van der Waals surface area contributed by atoms with Crippen molar-refractivity contribution in [1.82, 2.24) is 29.3 Å². The Hall–Kier alpha value is -8.29. The van der Waals surface area contributed by atoms with Crippen LogP contribution in [0, 0.1) is 0 Å². The van der Waals surface area contributed by atoms with Crippen LogP contribution in [-0.2, 0) is 5.41 Å². The summed E-state index contributed by atoms with van der Waals surface area (Å²) in [6.45, 7) is 0. The van der Waals surface area contributed by atoms with Gasteiger partial charge in [0.15, 0.2) is 17.2 Å². The van der Waals surface area contributed by atoms with Crippen LogP contribution in [0.5, 0.6) is 0 Å². The molecule has 0 unspecified atom stereocenters. The summed E-state index contributed by atoms with van der Waals surface area (Å²) in [5.74, 6) is 1.69. The standard InChI is InChI=1S/C54H32N6O/c1-2-16-33(17-3-1)48-49(60-31-15-14-28-47(60)56-48)39-21-4-5-22-40(39)51-57-50(58-52(59-51)53-55-45-26-12-13-27-46(45)61-53)34-29-30-38-37-20-8-11-25-43(37)54(44(38)32-34)41-23-9-6-18-35(41)36-19-7-10-24-42(36)54/h1-32H. The summed E-state index contributed by atoms with van der Waals surface area (Å²) in [6, 6.07) is 65.6. The van der Waals surface area contributed by atoms with Crippen molar-refractivity contribution in [3.05, 3.63) is 217 Å². The molecule has 13 rings (SSSR count). The van der Waals surface area contributed by atoms with Gasteiger partial charge in [0.25, 0.3) is 5.89 Å². The van der Waals surface area contributed by atoms with E-state index in [2.05, 4.69) is 132 Å². The maximum absolute atomic E-state index is 6.37. The van der Waals surface area contributed by atoms with Gasteiger partial charge in [0.2, 0.25) is 5.82 Å². The average Bonchev–Trinajstić information content (AvgIpc) is 4.09. The van der Waals surface area contributed by atoms with E-state index in [4.69, 9.17) is 29.3 Å². The van der Waals surface area contributed by atoms with E-state index in [9.17, 15) is 0 Å². The molecule has 0 N–H and O–H groups in total. The lowest BCUT2D eigenvalue weighted by molar-refractivity contribution is 0.612.